The minimum Gasteiger partial charge on any atom is -0.198 e. The van der Waals surface area contributed by atoms with Crippen molar-refractivity contribution in [3.63, 3.8) is 0 Å². The van der Waals surface area contributed by atoms with Crippen LogP contribution in [0.1, 0.15) is 32.6 Å². The van der Waals surface area contributed by atoms with Crippen molar-refractivity contribution in [1.82, 2.24) is 4.31 Å². The average molecular weight is 253 g/mol. The predicted molar refractivity (Wildman–Crippen MR) is 63.6 cm³/mol. The first-order valence-electron chi connectivity index (χ1n) is 5.26. The molecule has 0 unspecified atom stereocenters. The van der Waals surface area contributed by atoms with Gasteiger partial charge in [-0.3, -0.25) is 0 Å². The summed E-state index contributed by atoms with van der Waals surface area (Å²) in [5, 5.41) is 19.0. The molecule has 6 heteroatoms. The molecule has 0 amide bonds. The summed E-state index contributed by atoms with van der Waals surface area (Å²) in [7, 11) is -3.58. The van der Waals surface area contributed by atoms with E-state index >= 15 is 0 Å². The van der Waals surface area contributed by atoms with Gasteiger partial charge in [0.2, 0.25) is 0 Å². The second-order valence-electron chi connectivity index (χ2n) is 3.28. The zero-order valence-electron chi connectivity index (χ0n) is 9.81. The van der Waals surface area contributed by atoms with Crippen LogP contribution < -0.4 is 0 Å². The smallest absolute Gasteiger partial charge is 0.198 e. The number of hydrogen-bond donors (Lipinski definition) is 0. The molecule has 0 aliphatic heterocycles. The van der Waals surface area contributed by atoms with E-state index in [2.05, 4.69) is 11.2 Å². The lowest BCUT2D eigenvalue weighted by Crippen LogP contribution is -2.31. The molecular formula is C11H15N3O2S. The number of rotatable bonds is 7. The van der Waals surface area contributed by atoms with E-state index < -0.39 is 10.0 Å². The van der Waals surface area contributed by atoms with Gasteiger partial charge in [-0.05, 0) is 19.8 Å². The molecule has 0 atom stereocenters. The van der Waals surface area contributed by atoms with Gasteiger partial charge in [-0.1, -0.05) is 5.92 Å². The van der Waals surface area contributed by atoms with E-state index in [0.717, 1.165) is 0 Å². The highest BCUT2D eigenvalue weighted by Gasteiger charge is 2.18. The van der Waals surface area contributed by atoms with E-state index in [1.807, 2.05) is 12.1 Å². The third kappa shape index (κ3) is 6.58. The Kier molecular flexibility index (Phi) is 7.80. The van der Waals surface area contributed by atoms with Crippen molar-refractivity contribution in [3.05, 3.63) is 0 Å². The molecule has 92 valence electrons. The Morgan fingerprint density at radius 1 is 1.06 bits per heavy atom. The van der Waals surface area contributed by atoms with E-state index in [4.69, 9.17) is 10.5 Å². The molecule has 0 aromatic heterocycles. The minimum absolute atomic E-state index is 0.274. The normalized spacial score (nSPS) is 10.1. The Morgan fingerprint density at radius 2 is 1.53 bits per heavy atom. The molecule has 0 fully saturated rings. The molecule has 0 rings (SSSR count). The Balaban J connectivity index is 4.55. The van der Waals surface area contributed by atoms with E-state index in [1.165, 1.54) is 11.2 Å². The second-order valence-corrected chi connectivity index (χ2v) is 4.95. The van der Waals surface area contributed by atoms with Crippen LogP contribution in [0, 0.1) is 33.8 Å². The Labute approximate surface area is 103 Å². The number of sulfonamides is 1. The summed E-state index contributed by atoms with van der Waals surface area (Å²) in [6, 6.07) is 3.93. The standard InChI is InChI=1S/C11H15N3O2S/c1-2-11-17(15,16)14(9-5-3-7-12)10-6-4-8-13/h3-6,9-10H2,1H3. The van der Waals surface area contributed by atoms with Gasteiger partial charge in [0.1, 0.15) is 0 Å². The molecule has 0 radical (unpaired) electrons. The lowest BCUT2D eigenvalue weighted by molar-refractivity contribution is 0.408. The summed E-state index contributed by atoms with van der Waals surface area (Å²) < 4.78 is 24.6. The first-order chi connectivity index (χ1) is 8.08. The van der Waals surface area contributed by atoms with Crippen molar-refractivity contribution < 1.29 is 8.42 Å². The highest BCUT2D eigenvalue weighted by atomic mass is 32.2. The molecule has 5 nitrogen and oxygen atoms in total. The fraction of sp³-hybridized carbons (Fsp3) is 0.636. The molecule has 0 aliphatic carbocycles. The zero-order chi connectivity index (χ0) is 13.1. The van der Waals surface area contributed by atoms with Crippen LogP contribution >= 0.6 is 0 Å². The summed E-state index contributed by atoms with van der Waals surface area (Å²) in [5.74, 6) is 2.36. The van der Waals surface area contributed by atoms with Crippen LogP contribution in [0.4, 0.5) is 0 Å². The summed E-state index contributed by atoms with van der Waals surface area (Å²) >= 11 is 0. The lowest BCUT2D eigenvalue weighted by Gasteiger charge is -2.17. The van der Waals surface area contributed by atoms with Crippen LogP contribution in [0.15, 0.2) is 0 Å². The molecule has 0 aromatic carbocycles. The Hall–Kier alpha value is -1.55. The molecule has 0 bridgehead atoms. The number of nitrogens with zero attached hydrogens (tertiary/aromatic N) is 3. The first-order valence-corrected chi connectivity index (χ1v) is 6.70. The van der Waals surface area contributed by atoms with Gasteiger partial charge in [-0.15, -0.1) is 0 Å². The van der Waals surface area contributed by atoms with E-state index in [1.54, 1.807) is 0 Å². The van der Waals surface area contributed by atoms with Crippen molar-refractivity contribution in [1.29, 1.82) is 10.5 Å². The quantitative estimate of drug-likeness (QED) is 0.504. The third-order valence-electron chi connectivity index (χ3n) is 1.96. The summed E-state index contributed by atoms with van der Waals surface area (Å²) in [6.45, 7) is 2.01. The highest BCUT2D eigenvalue weighted by molar-refractivity contribution is 7.93. The van der Waals surface area contributed by atoms with Crippen LogP contribution in [-0.2, 0) is 10.0 Å². The van der Waals surface area contributed by atoms with E-state index in [9.17, 15) is 8.42 Å². The van der Waals surface area contributed by atoms with Gasteiger partial charge in [0, 0.05) is 31.2 Å². The zero-order valence-corrected chi connectivity index (χ0v) is 10.6. The van der Waals surface area contributed by atoms with Crippen LogP contribution in [-0.4, -0.2) is 25.8 Å². The van der Waals surface area contributed by atoms with Gasteiger partial charge in [0.05, 0.1) is 12.1 Å². The van der Waals surface area contributed by atoms with Gasteiger partial charge in [0.25, 0.3) is 10.0 Å². The maximum absolute atomic E-state index is 11.7. The van der Waals surface area contributed by atoms with E-state index in [-0.39, 0.29) is 13.1 Å². The lowest BCUT2D eigenvalue weighted by atomic mass is 10.3. The number of unbranched alkanes of at least 4 members (excludes halogenated alkanes) is 2. The second kappa shape index (κ2) is 8.58. The molecular weight excluding hydrogens is 238 g/mol. The van der Waals surface area contributed by atoms with Crippen LogP contribution in [0.25, 0.3) is 0 Å². The van der Waals surface area contributed by atoms with E-state index in [0.29, 0.717) is 25.7 Å². The third-order valence-corrected chi connectivity index (χ3v) is 3.47. The Morgan fingerprint density at radius 3 is 1.88 bits per heavy atom. The average Bonchev–Trinajstić information content (AvgIpc) is 2.27. The molecule has 0 heterocycles. The van der Waals surface area contributed by atoms with Gasteiger partial charge in [-0.2, -0.15) is 23.2 Å². The SMILES string of the molecule is CC#CS(=O)(=O)N(CCCC#N)CCCC#N. The van der Waals surface area contributed by atoms with Gasteiger partial charge in [-0.25, -0.2) is 0 Å². The van der Waals surface area contributed by atoms with Crippen molar-refractivity contribution in [2.45, 2.75) is 32.6 Å². The predicted octanol–water partition coefficient (Wildman–Crippen LogP) is 1.21. The molecule has 0 aromatic rings. The van der Waals surface area contributed by atoms with Crippen molar-refractivity contribution in [3.8, 4) is 23.3 Å². The summed E-state index contributed by atoms with van der Waals surface area (Å²) in [6.07, 6.45) is 1.58. The molecule has 0 spiro atoms. The van der Waals surface area contributed by atoms with Gasteiger partial charge < -0.3 is 0 Å². The van der Waals surface area contributed by atoms with Crippen molar-refractivity contribution in [2.24, 2.45) is 0 Å². The highest BCUT2D eigenvalue weighted by Crippen LogP contribution is 2.05. The van der Waals surface area contributed by atoms with Gasteiger partial charge >= 0.3 is 0 Å². The monoisotopic (exact) mass is 253 g/mol. The van der Waals surface area contributed by atoms with Gasteiger partial charge in [0.15, 0.2) is 0 Å². The summed E-state index contributed by atoms with van der Waals surface area (Å²) in [4.78, 5) is 0. The molecule has 0 aliphatic rings. The van der Waals surface area contributed by atoms with Crippen molar-refractivity contribution in [2.75, 3.05) is 13.1 Å². The summed E-state index contributed by atoms with van der Waals surface area (Å²) in [5.41, 5.74) is 0. The minimum atomic E-state index is -3.58. The largest absolute Gasteiger partial charge is 0.282 e. The van der Waals surface area contributed by atoms with Crippen molar-refractivity contribution >= 4 is 10.0 Å². The Bertz CT molecular complexity index is 440. The fourth-order valence-corrected chi connectivity index (χ4v) is 2.34. The maximum Gasteiger partial charge on any atom is 0.282 e. The molecule has 0 saturated heterocycles. The fourth-order valence-electron chi connectivity index (χ4n) is 1.21. The topological polar surface area (TPSA) is 85.0 Å². The molecule has 0 saturated carbocycles. The molecule has 17 heavy (non-hydrogen) atoms. The maximum atomic E-state index is 11.7. The van der Waals surface area contributed by atoms with Crippen LogP contribution in [0.2, 0.25) is 0 Å². The molecule has 0 N–H and O–H groups in total. The van der Waals surface area contributed by atoms with Crippen LogP contribution in [0.5, 0.6) is 0 Å². The number of hydrogen-bond acceptors (Lipinski definition) is 4. The number of nitriles is 2. The first kappa shape index (κ1) is 15.4. The van der Waals surface area contributed by atoms with Crippen LogP contribution in [0.3, 0.4) is 0 Å².